The summed E-state index contributed by atoms with van der Waals surface area (Å²) in [5.74, 6) is 0.306. The molecule has 1 fully saturated rings. The molecule has 2 aromatic rings. The number of carbonyl (C=O) groups is 2. The van der Waals surface area contributed by atoms with Gasteiger partial charge in [0.25, 0.3) is 11.1 Å². The molecule has 0 saturated carbocycles. The third-order valence-electron chi connectivity index (χ3n) is 4.98. The topological polar surface area (TPSA) is 51.1 Å². The van der Waals surface area contributed by atoms with E-state index in [1.165, 1.54) is 18.4 Å². The fraction of sp³-hybridized carbons (Fsp3) is 0.300. The van der Waals surface area contributed by atoms with E-state index in [4.69, 9.17) is 0 Å². The molecule has 1 atom stereocenters. The maximum Gasteiger partial charge on any atom is 0.290 e. The van der Waals surface area contributed by atoms with Gasteiger partial charge in [0.15, 0.2) is 0 Å². The van der Waals surface area contributed by atoms with Gasteiger partial charge in [-0.25, -0.2) is 0 Å². The summed E-state index contributed by atoms with van der Waals surface area (Å²) in [7, 11) is 0. The van der Waals surface area contributed by atoms with E-state index in [9.17, 15) is 9.59 Å². The van der Waals surface area contributed by atoms with Gasteiger partial charge in [-0.15, -0.1) is 0 Å². The van der Waals surface area contributed by atoms with Crippen LogP contribution >= 0.6 is 11.8 Å². The summed E-state index contributed by atoms with van der Waals surface area (Å²) in [4.78, 5) is 23.7. The van der Waals surface area contributed by atoms with E-state index < -0.39 is 0 Å². The maximum absolute atomic E-state index is 11.9. The Bertz CT molecular complexity index is 923. The zero-order valence-electron chi connectivity index (χ0n) is 14.1. The van der Waals surface area contributed by atoms with Crippen LogP contribution in [0.5, 0.6) is 0 Å². The Morgan fingerprint density at radius 3 is 2.92 bits per heavy atom. The fourth-order valence-corrected chi connectivity index (χ4v) is 4.27. The zero-order valence-corrected chi connectivity index (χ0v) is 14.9. The van der Waals surface area contributed by atoms with Crippen LogP contribution < -0.4 is 5.32 Å². The second-order valence-electron chi connectivity index (χ2n) is 6.69. The molecule has 2 aliphatic rings. The van der Waals surface area contributed by atoms with Crippen molar-refractivity contribution in [1.29, 1.82) is 0 Å². The number of thioether (sulfide) groups is 1. The quantitative estimate of drug-likeness (QED) is 0.643. The lowest BCUT2D eigenvalue weighted by atomic mass is 9.89. The van der Waals surface area contributed by atoms with Crippen LogP contribution in [0.15, 0.2) is 47.0 Å². The van der Waals surface area contributed by atoms with Gasteiger partial charge in [0.1, 0.15) is 0 Å². The first kappa shape index (κ1) is 16.2. The Hall–Kier alpha value is -2.27. The van der Waals surface area contributed by atoms with Crippen molar-refractivity contribution in [2.24, 2.45) is 5.92 Å². The summed E-state index contributed by atoms with van der Waals surface area (Å²) >= 11 is 0.963. The highest BCUT2D eigenvalue weighted by Gasteiger charge is 2.25. The van der Waals surface area contributed by atoms with Gasteiger partial charge in [0, 0.05) is 29.2 Å². The van der Waals surface area contributed by atoms with E-state index >= 15 is 0 Å². The largest absolute Gasteiger partial charge is 0.343 e. The number of carbonyl (C=O) groups excluding carboxylic acids is 2. The number of hydrogen-bond donors (Lipinski definition) is 1. The van der Waals surface area contributed by atoms with Gasteiger partial charge in [0.05, 0.1) is 4.91 Å². The Morgan fingerprint density at radius 1 is 1.32 bits per heavy atom. The summed E-state index contributed by atoms with van der Waals surface area (Å²) in [5.41, 5.74) is 3.61. The Morgan fingerprint density at radius 2 is 2.16 bits per heavy atom. The summed E-state index contributed by atoms with van der Waals surface area (Å²) in [5, 5.41) is 3.11. The second-order valence-corrected chi connectivity index (χ2v) is 7.71. The van der Waals surface area contributed by atoms with Crippen molar-refractivity contribution < 1.29 is 9.59 Å². The molecule has 4 nitrogen and oxygen atoms in total. The monoisotopic (exact) mass is 352 g/mol. The summed E-state index contributed by atoms with van der Waals surface area (Å²) < 4.78 is 2.26. The van der Waals surface area contributed by atoms with Crippen LogP contribution in [0.3, 0.4) is 0 Å². The third kappa shape index (κ3) is 3.16. The molecule has 1 aromatic heterocycles. The molecule has 1 aliphatic carbocycles. The van der Waals surface area contributed by atoms with Gasteiger partial charge in [-0.1, -0.05) is 36.8 Å². The number of para-hydroxylation sites is 1. The van der Waals surface area contributed by atoms with E-state index in [1.54, 1.807) is 0 Å². The van der Waals surface area contributed by atoms with Crippen molar-refractivity contribution >= 4 is 39.9 Å². The molecule has 0 bridgehead atoms. The molecule has 4 rings (SSSR count). The van der Waals surface area contributed by atoms with Crippen molar-refractivity contribution in [3.63, 3.8) is 0 Å². The number of amides is 2. The van der Waals surface area contributed by atoms with Crippen LogP contribution in [0.25, 0.3) is 17.0 Å². The molecule has 0 spiro atoms. The number of allylic oxidation sites excluding steroid dienone is 2. The van der Waals surface area contributed by atoms with Crippen molar-refractivity contribution in [3.8, 4) is 0 Å². The number of imide groups is 1. The van der Waals surface area contributed by atoms with Crippen molar-refractivity contribution in [1.82, 2.24) is 9.88 Å². The molecule has 25 heavy (non-hydrogen) atoms. The Labute approximate surface area is 151 Å². The van der Waals surface area contributed by atoms with Gasteiger partial charge in [-0.3, -0.25) is 14.9 Å². The highest BCUT2D eigenvalue weighted by atomic mass is 32.2. The molecular weight excluding hydrogens is 332 g/mol. The number of fused-ring (bicyclic) bond motifs is 1. The van der Waals surface area contributed by atoms with Crippen LogP contribution in [0.2, 0.25) is 0 Å². The zero-order chi connectivity index (χ0) is 17.4. The van der Waals surface area contributed by atoms with Crippen LogP contribution in [0, 0.1) is 5.92 Å². The molecule has 0 radical (unpaired) electrons. The average molecular weight is 352 g/mol. The predicted octanol–water partition coefficient (Wildman–Crippen LogP) is 4.71. The molecule has 1 saturated heterocycles. The van der Waals surface area contributed by atoms with Gasteiger partial charge in [-0.2, -0.15) is 0 Å². The summed E-state index contributed by atoms with van der Waals surface area (Å²) in [6.07, 6.45) is 9.98. The third-order valence-corrected chi connectivity index (χ3v) is 5.79. The normalized spacial score (nSPS) is 22.5. The van der Waals surface area contributed by atoms with Crippen molar-refractivity contribution in [2.75, 3.05) is 0 Å². The van der Waals surface area contributed by atoms with Gasteiger partial charge in [0.2, 0.25) is 0 Å². The molecule has 1 N–H and O–H groups in total. The highest BCUT2D eigenvalue weighted by molar-refractivity contribution is 8.18. The Balaban J connectivity index is 1.74. The molecule has 5 heteroatoms. The maximum atomic E-state index is 11.9. The minimum Gasteiger partial charge on any atom is -0.343 e. The van der Waals surface area contributed by atoms with E-state index in [-0.39, 0.29) is 11.1 Å². The number of aromatic nitrogens is 1. The standard InChI is InChI=1S/C20H20N2O2S/c1-13-6-2-3-7-14(13)11-22-12-15(16-8-4-5-9-17(16)22)10-18-19(23)21-20(24)25-18/h4-5,7-10,12-13H,2-3,6,11H2,1H3,(H,21,23,24)/b18-10-. The smallest absolute Gasteiger partial charge is 0.290 e. The molecule has 1 aliphatic heterocycles. The van der Waals surface area contributed by atoms with Crippen LogP contribution in [0.1, 0.15) is 31.7 Å². The molecular formula is C20H20N2O2S. The molecule has 2 amide bonds. The van der Waals surface area contributed by atoms with Crippen LogP contribution in [0.4, 0.5) is 4.79 Å². The lowest BCUT2D eigenvalue weighted by molar-refractivity contribution is -0.115. The first-order valence-corrected chi connectivity index (χ1v) is 9.45. The van der Waals surface area contributed by atoms with Crippen molar-refractivity contribution in [2.45, 2.75) is 32.7 Å². The first-order chi connectivity index (χ1) is 12.1. The van der Waals surface area contributed by atoms with Crippen LogP contribution in [-0.2, 0) is 11.3 Å². The van der Waals surface area contributed by atoms with E-state index in [2.05, 4.69) is 41.2 Å². The lowest BCUT2D eigenvalue weighted by Gasteiger charge is -2.21. The minimum absolute atomic E-state index is 0.304. The average Bonchev–Trinajstić information content (AvgIpc) is 3.10. The molecule has 1 aromatic carbocycles. The number of benzene rings is 1. The highest BCUT2D eigenvalue weighted by Crippen LogP contribution is 2.31. The number of hydrogen-bond acceptors (Lipinski definition) is 3. The second kappa shape index (κ2) is 6.56. The van der Waals surface area contributed by atoms with E-state index in [0.29, 0.717) is 10.8 Å². The first-order valence-electron chi connectivity index (χ1n) is 8.63. The summed E-state index contributed by atoms with van der Waals surface area (Å²) in [6.45, 7) is 3.17. The van der Waals surface area contributed by atoms with Gasteiger partial charge in [-0.05, 0) is 49.1 Å². The predicted molar refractivity (Wildman–Crippen MR) is 102 cm³/mol. The summed E-state index contributed by atoms with van der Waals surface area (Å²) in [6, 6.07) is 8.22. The molecule has 2 heterocycles. The number of rotatable bonds is 3. The Kier molecular flexibility index (Phi) is 4.25. The van der Waals surface area contributed by atoms with Crippen molar-refractivity contribution in [3.05, 3.63) is 52.6 Å². The molecule has 128 valence electrons. The van der Waals surface area contributed by atoms with Gasteiger partial charge >= 0.3 is 0 Å². The SMILES string of the molecule is CC1CCCC=C1Cn1cc(/C=C2\SC(=O)NC2=O)c2ccccc21. The van der Waals surface area contributed by atoms with E-state index in [1.807, 2.05) is 18.2 Å². The lowest BCUT2D eigenvalue weighted by Crippen LogP contribution is -2.17. The van der Waals surface area contributed by atoms with E-state index in [0.717, 1.165) is 41.2 Å². The van der Waals surface area contributed by atoms with Crippen LogP contribution in [-0.4, -0.2) is 15.7 Å². The van der Waals surface area contributed by atoms with Gasteiger partial charge < -0.3 is 4.57 Å². The number of nitrogens with one attached hydrogen (secondary N) is 1. The minimum atomic E-state index is -0.310. The molecule has 1 unspecified atom stereocenters. The fourth-order valence-electron chi connectivity index (χ4n) is 3.60. The number of nitrogens with zero attached hydrogens (tertiary/aromatic N) is 1.